The Bertz CT molecular complexity index is 474. The number of quaternary nitrogens is 1. The van der Waals surface area contributed by atoms with Gasteiger partial charge in [-0.3, -0.25) is 10.1 Å². The highest BCUT2D eigenvalue weighted by Gasteiger charge is 2.13. The van der Waals surface area contributed by atoms with Gasteiger partial charge in [0.2, 0.25) is 0 Å². The van der Waals surface area contributed by atoms with Crippen LogP contribution in [0.3, 0.4) is 0 Å². The van der Waals surface area contributed by atoms with Crippen molar-refractivity contribution in [3.8, 4) is 0 Å². The molecule has 0 saturated carbocycles. The van der Waals surface area contributed by atoms with Gasteiger partial charge >= 0.3 is 6.03 Å². The number of urea groups is 1. The minimum absolute atomic E-state index is 0.255. The normalized spacial score (nSPS) is 12.0. The minimum atomic E-state index is -0.426. The van der Waals surface area contributed by atoms with Gasteiger partial charge in [-0.2, -0.15) is 0 Å². The fourth-order valence-corrected chi connectivity index (χ4v) is 2.06. The molecule has 6 heteroatoms. The Kier molecular flexibility index (Phi) is 7.39. The smallest absolute Gasteiger partial charge is 0.321 e. The van der Waals surface area contributed by atoms with E-state index in [0.717, 1.165) is 21.5 Å². The summed E-state index contributed by atoms with van der Waals surface area (Å²) in [5.41, 5.74) is 1.15. The van der Waals surface area contributed by atoms with Crippen LogP contribution in [0.25, 0.3) is 0 Å². The zero-order valence-electron chi connectivity index (χ0n) is 12.7. The van der Waals surface area contributed by atoms with Crippen LogP contribution in [0.15, 0.2) is 28.7 Å². The first-order valence-corrected chi connectivity index (χ1v) is 7.79. The van der Waals surface area contributed by atoms with Gasteiger partial charge in [0.05, 0.1) is 7.05 Å². The first-order valence-electron chi connectivity index (χ1n) is 7.00. The average Bonchev–Trinajstić information content (AvgIpc) is 2.38. The van der Waals surface area contributed by atoms with E-state index in [4.69, 9.17) is 0 Å². The molecule has 116 valence electrons. The van der Waals surface area contributed by atoms with E-state index in [2.05, 4.69) is 26.6 Å². The van der Waals surface area contributed by atoms with Crippen molar-refractivity contribution in [2.24, 2.45) is 5.92 Å². The molecule has 1 aromatic rings. The number of benzene rings is 1. The summed E-state index contributed by atoms with van der Waals surface area (Å²) >= 11 is 3.39. The Labute approximate surface area is 134 Å². The Morgan fingerprint density at radius 2 is 1.86 bits per heavy atom. The van der Waals surface area contributed by atoms with E-state index in [1.807, 2.05) is 45.2 Å². The highest BCUT2D eigenvalue weighted by molar-refractivity contribution is 9.10. The third-order valence-electron chi connectivity index (χ3n) is 2.81. The van der Waals surface area contributed by atoms with Gasteiger partial charge in [0, 0.05) is 16.6 Å². The van der Waals surface area contributed by atoms with Crippen molar-refractivity contribution in [3.05, 3.63) is 34.3 Å². The van der Waals surface area contributed by atoms with E-state index in [0.29, 0.717) is 12.5 Å². The number of carbonyl (C=O) groups excluding carboxylic acids is 2. The maximum atomic E-state index is 11.8. The monoisotopic (exact) mass is 356 g/mol. The Hall–Kier alpha value is -1.40. The molecule has 0 aromatic heterocycles. The molecule has 5 nitrogen and oxygen atoms in total. The summed E-state index contributed by atoms with van der Waals surface area (Å²) in [5, 5.41) is 5.00. The summed E-state index contributed by atoms with van der Waals surface area (Å²) in [6, 6.07) is 7.55. The molecule has 1 aromatic carbocycles. The number of hydrogen-bond donors (Lipinski definition) is 3. The highest BCUT2D eigenvalue weighted by Crippen LogP contribution is 2.09. The van der Waals surface area contributed by atoms with Crippen LogP contribution >= 0.6 is 15.9 Å². The number of carbonyl (C=O) groups is 2. The van der Waals surface area contributed by atoms with E-state index >= 15 is 0 Å². The molecule has 0 bridgehead atoms. The maximum Gasteiger partial charge on any atom is 0.321 e. The number of nitrogens with one attached hydrogen (secondary N) is 3. The van der Waals surface area contributed by atoms with Crippen LogP contribution in [0.5, 0.6) is 0 Å². The average molecular weight is 357 g/mol. The molecule has 0 radical (unpaired) electrons. The number of halogens is 1. The molecule has 0 fully saturated rings. The summed E-state index contributed by atoms with van der Waals surface area (Å²) in [6.07, 6.45) is 0. The van der Waals surface area contributed by atoms with Crippen molar-refractivity contribution >= 4 is 27.9 Å². The zero-order chi connectivity index (χ0) is 15.8. The lowest BCUT2D eigenvalue weighted by Crippen LogP contribution is -3.09. The molecule has 1 atom stereocenters. The fourth-order valence-electron chi connectivity index (χ4n) is 1.80. The van der Waals surface area contributed by atoms with Crippen LogP contribution < -0.4 is 15.5 Å². The number of rotatable bonds is 6. The molecule has 0 aliphatic rings. The van der Waals surface area contributed by atoms with Gasteiger partial charge in [-0.15, -0.1) is 0 Å². The third kappa shape index (κ3) is 7.82. The summed E-state index contributed by atoms with van der Waals surface area (Å²) < 4.78 is 1.03. The molecule has 0 saturated heterocycles. The van der Waals surface area contributed by atoms with Gasteiger partial charge in [-0.25, -0.2) is 4.79 Å². The predicted molar refractivity (Wildman–Crippen MR) is 86.0 cm³/mol. The highest BCUT2D eigenvalue weighted by atomic mass is 79.9. The lowest BCUT2D eigenvalue weighted by molar-refractivity contribution is -0.885. The quantitative estimate of drug-likeness (QED) is 0.710. The summed E-state index contributed by atoms with van der Waals surface area (Å²) in [4.78, 5) is 24.3. The standard InChI is InChI=1S/C15H22BrN3O2/c1-11(2)8-17-15(21)18-14(20)10-19(3)9-12-4-6-13(16)7-5-12/h4-7,11H,8-10H2,1-3H3,(H2,17,18,20,21)/p+1. The van der Waals surface area contributed by atoms with Gasteiger partial charge in [0.25, 0.3) is 5.91 Å². The Balaban J connectivity index is 2.33. The molecular weight excluding hydrogens is 334 g/mol. The molecule has 0 aliphatic heterocycles. The van der Waals surface area contributed by atoms with E-state index in [1.165, 1.54) is 0 Å². The molecule has 1 unspecified atom stereocenters. The Morgan fingerprint density at radius 3 is 2.43 bits per heavy atom. The third-order valence-corrected chi connectivity index (χ3v) is 3.33. The second-order valence-electron chi connectivity index (χ2n) is 5.59. The van der Waals surface area contributed by atoms with Crippen molar-refractivity contribution in [3.63, 3.8) is 0 Å². The van der Waals surface area contributed by atoms with Gasteiger partial charge in [-0.1, -0.05) is 41.9 Å². The maximum absolute atomic E-state index is 11.8. The molecule has 3 amide bonds. The SMILES string of the molecule is CC(C)CNC(=O)NC(=O)C[NH+](C)Cc1ccc(Br)cc1. The topological polar surface area (TPSA) is 62.6 Å². The first kappa shape index (κ1) is 17.7. The predicted octanol–water partition coefficient (Wildman–Crippen LogP) is 0.946. The summed E-state index contributed by atoms with van der Waals surface area (Å²) in [5.74, 6) is 0.0856. The number of likely N-dealkylation sites (N-methyl/N-ethyl adjacent to an activating group) is 1. The Morgan fingerprint density at radius 1 is 1.24 bits per heavy atom. The molecule has 3 N–H and O–H groups in total. The second-order valence-corrected chi connectivity index (χ2v) is 6.50. The van der Waals surface area contributed by atoms with Crippen LogP contribution in [-0.2, 0) is 11.3 Å². The fraction of sp³-hybridized carbons (Fsp3) is 0.467. The molecular formula is C15H23BrN3O2+. The summed E-state index contributed by atoms with van der Waals surface area (Å²) in [7, 11) is 1.92. The first-order chi connectivity index (χ1) is 9.86. The van der Waals surface area contributed by atoms with Crippen LogP contribution in [0.4, 0.5) is 4.79 Å². The minimum Gasteiger partial charge on any atom is -0.338 e. The van der Waals surface area contributed by atoms with E-state index in [1.54, 1.807) is 0 Å². The van der Waals surface area contributed by atoms with Gasteiger partial charge < -0.3 is 10.2 Å². The molecule has 0 heterocycles. The largest absolute Gasteiger partial charge is 0.338 e. The number of imide groups is 1. The van der Waals surface area contributed by atoms with Crippen LogP contribution in [0.2, 0.25) is 0 Å². The van der Waals surface area contributed by atoms with Crippen molar-refractivity contribution < 1.29 is 14.5 Å². The lowest BCUT2D eigenvalue weighted by atomic mass is 10.2. The van der Waals surface area contributed by atoms with Gasteiger partial charge in [-0.05, 0) is 18.1 Å². The number of hydrogen-bond acceptors (Lipinski definition) is 2. The van der Waals surface area contributed by atoms with E-state index in [9.17, 15) is 9.59 Å². The number of amides is 3. The van der Waals surface area contributed by atoms with Gasteiger partial charge in [0.15, 0.2) is 6.54 Å². The van der Waals surface area contributed by atoms with E-state index < -0.39 is 6.03 Å². The molecule has 1 rings (SSSR count). The van der Waals surface area contributed by atoms with Crippen molar-refractivity contribution in [2.45, 2.75) is 20.4 Å². The molecule has 0 spiro atoms. The van der Waals surface area contributed by atoms with Crippen molar-refractivity contribution in [1.29, 1.82) is 0 Å². The van der Waals surface area contributed by atoms with Crippen molar-refractivity contribution in [1.82, 2.24) is 10.6 Å². The van der Waals surface area contributed by atoms with E-state index in [-0.39, 0.29) is 12.5 Å². The van der Waals surface area contributed by atoms with Crippen LogP contribution in [-0.4, -0.2) is 32.1 Å². The molecule has 0 aliphatic carbocycles. The van der Waals surface area contributed by atoms with Crippen LogP contribution in [0.1, 0.15) is 19.4 Å². The summed E-state index contributed by atoms with van der Waals surface area (Å²) in [6.45, 7) is 5.54. The van der Waals surface area contributed by atoms with Gasteiger partial charge in [0.1, 0.15) is 6.54 Å². The zero-order valence-corrected chi connectivity index (χ0v) is 14.3. The molecule has 21 heavy (non-hydrogen) atoms. The van der Waals surface area contributed by atoms with Crippen molar-refractivity contribution in [2.75, 3.05) is 20.1 Å². The lowest BCUT2D eigenvalue weighted by Gasteiger charge is -2.14. The second kappa shape index (κ2) is 8.79. The van der Waals surface area contributed by atoms with Crippen LogP contribution in [0, 0.1) is 5.92 Å².